The van der Waals surface area contributed by atoms with Gasteiger partial charge in [0.2, 0.25) is 0 Å². The van der Waals surface area contributed by atoms with Gasteiger partial charge in [0.25, 0.3) is 0 Å². The molecule has 2 aromatic carbocycles. The van der Waals surface area contributed by atoms with Gasteiger partial charge in [-0.2, -0.15) is 0 Å². The zero-order valence-corrected chi connectivity index (χ0v) is 15.8. The lowest BCUT2D eigenvalue weighted by molar-refractivity contribution is 0.137. The molecule has 2 aromatic rings. The van der Waals surface area contributed by atoms with Crippen molar-refractivity contribution in [3.8, 4) is 11.8 Å². The van der Waals surface area contributed by atoms with Crippen molar-refractivity contribution in [1.82, 2.24) is 4.90 Å². The fourth-order valence-electron chi connectivity index (χ4n) is 3.51. The molecule has 2 unspecified atom stereocenters. The van der Waals surface area contributed by atoms with E-state index in [4.69, 9.17) is 23.1 Å². The summed E-state index contributed by atoms with van der Waals surface area (Å²) < 4.78 is 0. The van der Waals surface area contributed by atoms with Gasteiger partial charge in [-0.05, 0) is 61.1 Å². The number of likely N-dealkylation sites (tertiary alicyclic amines) is 1. The highest BCUT2D eigenvalue weighted by Crippen LogP contribution is 2.30. The van der Waals surface area contributed by atoms with E-state index >= 15 is 0 Å². The van der Waals surface area contributed by atoms with Gasteiger partial charge in [0, 0.05) is 35.8 Å². The van der Waals surface area contributed by atoms with E-state index in [0.717, 1.165) is 55.0 Å². The van der Waals surface area contributed by atoms with Crippen molar-refractivity contribution >= 4 is 17.3 Å². The van der Waals surface area contributed by atoms with Crippen LogP contribution in [0, 0.1) is 11.8 Å². The van der Waals surface area contributed by atoms with Crippen molar-refractivity contribution in [2.75, 3.05) is 18.8 Å². The van der Waals surface area contributed by atoms with E-state index in [-0.39, 0.29) is 6.17 Å². The second-order valence-electron chi connectivity index (χ2n) is 6.91. The Bertz CT molecular complexity index is 776. The lowest BCUT2D eigenvalue weighted by atomic mass is 9.88. The maximum Gasteiger partial charge on any atom is 0.0577 e. The highest BCUT2D eigenvalue weighted by molar-refractivity contribution is 6.30. The Kier molecular flexibility index (Phi) is 6.57. The van der Waals surface area contributed by atoms with Gasteiger partial charge in [0.05, 0.1) is 6.17 Å². The summed E-state index contributed by atoms with van der Waals surface area (Å²) in [6.07, 6.45) is 4.17. The molecular formula is C22H26ClN3. The quantitative estimate of drug-likeness (QED) is 0.483. The van der Waals surface area contributed by atoms with E-state index in [1.54, 1.807) is 0 Å². The summed E-state index contributed by atoms with van der Waals surface area (Å²) in [5.41, 5.74) is 15.3. The molecule has 0 radical (unpaired) electrons. The average molecular weight is 368 g/mol. The number of rotatable bonds is 4. The molecule has 3 nitrogen and oxygen atoms in total. The molecule has 1 heterocycles. The minimum atomic E-state index is 0.117. The first-order chi connectivity index (χ1) is 12.6. The maximum atomic E-state index is 6.41. The molecule has 2 atom stereocenters. The third-order valence-electron chi connectivity index (χ3n) is 4.97. The first-order valence-electron chi connectivity index (χ1n) is 9.21. The number of hydrogen-bond acceptors (Lipinski definition) is 3. The van der Waals surface area contributed by atoms with Crippen molar-refractivity contribution in [3.63, 3.8) is 0 Å². The molecule has 0 spiro atoms. The van der Waals surface area contributed by atoms with Crippen LogP contribution in [0.2, 0.25) is 5.02 Å². The predicted molar refractivity (Wildman–Crippen MR) is 110 cm³/mol. The molecule has 4 N–H and O–H groups in total. The number of benzene rings is 2. The number of anilines is 1. The second kappa shape index (κ2) is 9.09. The molecule has 1 saturated heterocycles. The van der Waals surface area contributed by atoms with Crippen LogP contribution in [0.4, 0.5) is 5.69 Å². The van der Waals surface area contributed by atoms with Crippen LogP contribution >= 0.6 is 11.6 Å². The van der Waals surface area contributed by atoms with E-state index in [9.17, 15) is 0 Å². The lowest BCUT2D eigenvalue weighted by Gasteiger charge is -2.37. The highest BCUT2D eigenvalue weighted by Gasteiger charge is 2.26. The largest absolute Gasteiger partial charge is 0.399 e. The number of nitrogens with zero attached hydrogens (tertiary/aromatic N) is 1. The molecule has 0 saturated carbocycles. The Morgan fingerprint density at radius 1 is 1.15 bits per heavy atom. The van der Waals surface area contributed by atoms with E-state index in [2.05, 4.69) is 28.9 Å². The van der Waals surface area contributed by atoms with Gasteiger partial charge >= 0.3 is 0 Å². The van der Waals surface area contributed by atoms with Gasteiger partial charge < -0.3 is 11.5 Å². The van der Waals surface area contributed by atoms with E-state index < -0.39 is 0 Å². The average Bonchev–Trinajstić information content (AvgIpc) is 2.63. The van der Waals surface area contributed by atoms with Crippen LogP contribution in [-0.4, -0.2) is 24.2 Å². The molecule has 4 heteroatoms. The lowest BCUT2D eigenvalue weighted by Crippen LogP contribution is -2.47. The van der Waals surface area contributed by atoms with Crippen molar-refractivity contribution in [2.24, 2.45) is 5.73 Å². The number of halogens is 1. The molecule has 0 aromatic heterocycles. The highest BCUT2D eigenvalue weighted by atomic mass is 35.5. The minimum absolute atomic E-state index is 0.117. The fraction of sp³-hybridized carbons (Fsp3) is 0.364. The summed E-state index contributed by atoms with van der Waals surface area (Å²) in [4.78, 5) is 2.38. The third-order valence-corrected chi connectivity index (χ3v) is 5.22. The van der Waals surface area contributed by atoms with Gasteiger partial charge in [0.15, 0.2) is 0 Å². The Balaban J connectivity index is 1.43. The predicted octanol–water partition coefficient (Wildman–Crippen LogP) is 4.22. The molecule has 0 amide bonds. The smallest absolute Gasteiger partial charge is 0.0577 e. The summed E-state index contributed by atoms with van der Waals surface area (Å²) in [6, 6.07) is 15.9. The standard InChI is InChI=1S/C22H26ClN3/c23-20-10-8-18(9-11-20)19-12-14-26(22(25)16-19)13-3-1-2-5-17-6-4-7-21(24)15-17/h4,6-11,15,19,22H,1,3,12-14,16,24-25H2. The van der Waals surface area contributed by atoms with Crippen molar-refractivity contribution < 1.29 is 0 Å². The number of nitrogens with two attached hydrogens (primary N) is 2. The minimum Gasteiger partial charge on any atom is -0.399 e. The van der Waals surface area contributed by atoms with Crippen molar-refractivity contribution in [1.29, 1.82) is 0 Å². The van der Waals surface area contributed by atoms with Gasteiger partial charge in [-0.1, -0.05) is 41.6 Å². The number of piperidine rings is 1. The van der Waals surface area contributed by atoms with E-state index in [1.807, 2.05) is 36.4 Å². The molecular weight excluding hydrogens is 342 g/mol. The molecule has 3 rings (SSSR count). The van der Waals surface area contributed by atoms with Crippen molar-refractivity contribution in [2.45, 2.75) is 37.8 Å². The van der Waals surface area contributed by atoms with Crippen LogP contribution < -0.4 is 11.5 Å². The van der Waals surface area contributed by atoms with Crippen LogP contribution in [0.1, 0.15) is 42.7 Å². The summed E-state index contributed by atoms with van der Waals surface area (Å²) in [6.45, 7) is 2.04. The van der Waals surface area contributed by atoms with E-state index in [0.29, 0.717) is 5.92 Å². The summed E-state index contributed by atoms with van der Waals surface area (Å²) >= 11 is 5.98. The Morgan fingerprint density at radius 3 is 2.69 bits per heavy atom. The topological polar surface area (TPSA) is 55.3 Å². The Hall–Kier alpha value is -1.99. The normalized spacial score (nSPS) is 20.4. The van der Waals surface area contributed by atoms with Crippen LogP contribution in [0.25, 0.3) is 0 Å². The van der Waals surface area contributed by atoms with Gasteiger partial charge in [0.1, 0.15) is 0 Å². The summed E-state index contributed by atoms with van der Waals surface area (Å²) in [5, 5.41) is 0.787. The SMILES string of the molecule is Nc1cccc(C#CCCCN2CCC(c3ccc(Cl)cc3)CC2N)c1. The number of hydrogen-bond donors (Lipinski definition) is 2. The Morgan fingerprint density at radius 2 is 1.96 bits per heavy atom. The van der Waals surface area contributed by atoms with Gasteiger partial charge in [-0.25, -0.2) is 0 Å². The molecule has 0 bridgehead atoms. The van der Waals surface area contributed by atoms with Crippen LogP contribution in [0.5, 0.6) is 0 Å². The van der Waals surface area contributed by atoms with Gasteiger partial charge in [-0.3, -0.25) is 4.90 Å². The van der Waals surface area contributed by atoms with Crippen LogP contribution in [0.3, 0.4) is 0 Å². The van der Waals surface area contributed by atoms with Gasteiger partial charge in [-0.15, -0.1) is 0 Å². The maximum absolute atomic E-state index is 6.41. The number of unbranched alkanes of at least 4 members (excludes halogenated alkanes) is 1. The number of nitrogen functional groups attached to an aromatic ring is 1. The molecule has 0 aliphatic carbocycles. The summed E-state index contributed by atoms with van der Waals surface area (Å²) in [7, 11) is 0. The molecule has 26 heavy (non-hydrogen) atoms. The molecule has 1 aliphatic rings. The summed E-state index contributed by atoms with van der Waals surface area (Å²) in [5.74, 6) is 6.94. The van der Waals surface area contributed by atoms with Crippen molar-refractivity contribution in [3.05, 3.63) is 64.7 Å². The second-order valence-corrected chi connectivity index (χ2v) is 7.34. The zero-order chi connectivity index (χ0) is 18.4. The third kappa shape index (κ3) is 5.25. The first-order valence-corrected chi connectivity index (χ1v) is 9.59. The molecule has 1 aliphatic heterocycles. The van der Waals surface area contributed by atoms with E-state index in [1.165, 1.54) is 5.56 Å². The molecule has 1 fully saturated rings. The zero-order valence-electron chi connectivity index (χ0n) is 15.0. The first kappa shape index (κ1) is 18.8. The monoisotopic (exact) mass is 367 g/mol. The molecule has 136 valence electrons. The Labute approximate surface area is 161 Å². The van der Waals surface area contributed by atoms with Crippen LogP contribution in [-0.2, 0) is 0 Å². The van der Waals surface area contributed by atoms with Crippen LogP contribution in [0.15, 0.2) is 48.5 Å². The fourth-order valence-corrected chi connectivity index (χ4v) is 3.64.